The Morgan fingerprint density at radius 3 is 2.52 bits per heavy atom. The number of nitro groups is 1. The summed E-state index contributed by atoms with van der Waals surface area (Å²) in [5, 5.41) is 10.8. The highest BCUT2D eigenvalue weighted by atomic mass is 16.6. The fourth-order valence-electron chi connectivity index (χ4n) is 2.45. The van der Waals surface area contributed by atoms with Crippen LogP contribution in [0.4, 0.5) is 16.2 Å². The van der Waals surface area contributed by atoms with Crippen LogP contribution in [-0.2, 0) is 4.74 Å². The van der Waals surface area contributed by atoms with Crippen LogP contribution < -0.4 is 4.90 Å². The van der Waals surface area contributed by atoms with Gasteiger partial charge in [0, 0.05) is 44.0 Å². The minimum absolute atomic E-state index is 0.0985. The molecule has 1 aliphatic rings. The number of piperazine rings is 1. The molecule has 1 aliphatic heterocycles. The number of hydrogen-bond acceptors (Lipinski definition) is 5. The summed E-state index contributed by atoms with van der Waals surface area (Å²) in [6, 6.07) is 4.86. The van der Waals surface area contributed by atoms with E-state index < -0.39 is 4.92 Å². The maximum atomic E-state index is 11.6. The lowest BCUT2D eigenvalue weighted by Gasteiger charge is -2.36. The van der Waals surface area contributed by atoms with E-state index in [0.717, 1.165) is 11.3 Å². The highest BCUT2D eigenvalue weighted by molar-refractivity contribution is 5.68. The Hall–Kier alpha value is -2.31. The van der Waals surface area contributed by atoms with Crippen LogP contribution in [0.5, 0.6) is 0 Å². The Balaban J connectivity index is 2.02. The first kappa shape index (κ1) is 15.1. The zero-order valence-corrected chi connectivity index (χ0v) is 12.2. The van der Waals surface area contributed by atoms with E-state index in [9.17, 15) is 14.9 Å². The Labute approximate surface area is 123 Å². The van der Waals surface area contributed by atoms with Crippen LogP contribution in [0.25, 0.3) is 0 Å². The molecule has 1 aromatic carbocycles. The lowest BCUT2D eigenvalue weighted by atomic mass is 10.1. The van der Waals surface area contributed by atoms with E-state index in [-0.39, 0.29) is 11.8 Å². The topological polar surface area (TPSA) is 75.9 Å². The average molecular weight is 293 g/mol. The summed E-state index contributed by atoms with van der Waals surface area (Å²) in [6.07, 6.45) is -0.280. The number of carbonyl (C=O) groups is 1. The van der Waals surface area contributed by atoms with E-state index in [1.807, 2.05) is 6.92 Å². The van der Waals surface area contributed by atoms with Crippen molar-refractivity contribution >= 4 is 17.5 Å². The van der Waals surface area contributed by atoms with Gasteiger partial charge in [0.25, 0.3) is 5.69 Å². The Kier molecular flexibility index (Phi) is 4.62. The van der Waals surface area contributed by atoms with Crippen molar-refractivity contribution in [2.75, 3.05) is 37.7 Å². The number of anilines is 1. The number of amides is 1. The molecule has 1 fully saturated rings. The van der Waals surface area contributed by atoms with Crippen molar-refractivity contribution in [1.82, 2.24) is 4.90 Å². The fourth-order valence-corrected chi connectivity index (χ4v) is 2.45. The molecule has 21 heavy (non-hydrogen) atoms. The van der Waals surface area contributed by atoms with Crippen LogP contribution in [0.3, 0.4) is 0 Å². The highest BCUT2D eigenvalue weighted by Crippen LogP contribution is 2.25. The Morgan fingerprint density at radius 1 is 1.33 bits per heavy atom. The van der Waals surface area contributed by atoms with Crippen LogP contribution in [0.2, 0.25) is 0 Å². The summed E-state index contributed by atoms with van der Waals surface area (Å²) in [5.41, 5.74) is 1.94. The van der Waals surface area contributed by atoms with Gasteiger partial charge in [0.2, 0.25) is 0 Å². The number of ether oxygens (including phenoxy) is 1. The first-order chi connectivity index (χ1) is 10.0. The number of rotatable bonds is 3. The molecule has 7 heteroatoms. The van der Waals surface area contributed by atoms with Gasteiger partial charge in [0.1, 0.15) is 0 Å². The quantitative estimate of drug-likeness (QED) is 0.630. The predicted molar refractivity (Wildman–Crippen MR) is 78.6 cm³/mol. The Bertz CT molecular complexity index is 539. The standard InChI is InChI=1S/C14H19N3O4/c1-3-21-14(18)16-8-6-15(7-9-16)13-5-4-12(17(19)20)10-11(13)2/h4-5,10H,3,6-9H2,1-2H3. The van der Waals surface area contributed by atoms with Crippen LogP contribution in [0.1, 0.15) is 12.5 Å². The fraction of sp³-hybridized carbons (Fsp3) is 0.500. The molecule has 114 valence electrons. The SMILES string of the molecule is CCOC(=O)N1CCN(c2ccc([N+](=O)[O-])cc2C)CC1. The molecule has 1 saturated heterocycles. The molecular weight excluding hydrogens is 274 g/mol. The van der Waals surface area contributed by atoms with E-state index in [1.165, 1.54) is 6.07 Å². The summed E-state index contributed by atoms with van der Waals surface area (Å²) in [6.45, 7) is 6.59. The largest absolute Gasteiger partial charge is 0.450 e. The molecule has 1 aromatic rings. The van der Waals surface area contributed by atoms with E-state index in [0.29, 0.717) is 32.8 Å². The summed E-state index contributed by atoms with van der Waals surface area (Å²) in [7, 11) is 0. The zero-order valence-electron chi connectivity index (χ0n) is 12.2. The third-order valence-corrected chi connectivity index (χ3v) is 3.54. The lowest BCUT2D eigenvalue weighted by Crippen LogP contribution is -2.49. The van der Waals surface area contributed by atoms with E-state index in [2.05, 4.69) is 4.90 Å². The molecular formula is C14H19N3O4. The number of nitrogens with zero attached hydrogens (tertiary/aromatic N) is 3. The van der Waals surface area contributed by atoms with Crippen LogP contribution in [-0.4, -0.2) is 48.7 Å². The van der Waals surface area contributed by atoms with Crippen molar-refractivity contribution in [2.45, 2.75) is 13.8 Å². The van der Waals surface area contributed by atoms with Crippen molar-refractivity contribution in [2.24, 2.45) is 0 Å². The van der Waals surface area contributed by atoms with Crippen molar-refractivity contribution in [3.63, 3.8) is 0 Å². The molecule has 0 saturated carbocycles. The second-order valence-electron chi connectivity index (χ2n) is 4.90. The van der Waals surface area contributed by atoms with Gasteiger partial charge < -0.3 is 14.5 Å². The second-order valence-corrected chi connectivity index (χ2v) is 4.90. The first-order valence-electron chi connectivity index (χ1n) is 6.94. The van der Waals surface area contributed by atoms with Gasteiger partial charge in [0.05, 0.1) is 11.5 Å². The second kappa shape index (κ2) is 6.43. The monoisotopic (exact) mass is 293 g/mol. The minimum Gasteiger partial charge on any atom is -0.450 e. The third kappa shape index (κ3) is 3.42. The molecule has 0 aliphatic carbocycles. The molecule has 0 N–H and O–H groups in total. The highest BCUT2D eigenvalue weighted by Gasteiger charge is 2.23. The van der Waals surface area contributed by atoms with Gasteiger partial charge in [-0.1, -0.05) is 0 Å². The zero-order chi connectivity index (χ0) is 15.4. The third-order valence-electron chi connectivity index (χ3n) is 3.54. The molecule has 0 unspecified atom stereocenters. The van der Waals surface area contributed by atoms with Crippen LogP contribution in [0, 0.1) is 17.0 Å². The van der Waals surface area contributed by atoms with E-state index in [1.54, 1.807) is 24.0 Å². The average Bonchev–Trinajstić information content (AvgIpc) is 2.47. The van der Waals surface area contributed by atoms with Gasteiger partial charge in [-0.15, -0.1) is 0 Å². The van der Waals surface area contributed by atoms with Crippen LogP contribution >= 0.6 is 0 Å². The number of aryl methyl sites for hydroxylation is 1. The number of non-ortho nitro benzene ring substituents is 1. The molecule has 0 atom stereocenters. The van der Waals surface area contributed by atoms with E-state index in [4.69, 9.17) is 4.74 Å². The number of benzene rings is 1. The van der Waals surface area contributed by atoms with Crippen molar-refractivity contribution < 1.29 is 14.5 Å². The maximum Gasteiger partial charge on any atom is 0.409 e. The van der Waals surface area contributed by atoms with Gasteiger partial charge in [-0.25, -0.2) is 4.79 Å². The minimum atomic E-state index is -0.393. The molecule has 0 spiro atoms. The summed E-state index contributed by atoms with van der Waals surface area (Å²) in [5.74, 6) is 0. The lowest BCUT2D eigenvalue weighted by molar-refractivity contribution is -0.384. The molecule has 2 rings (SSSR count). The molecule has 1 heterocycles. The van der Waals surface area contributed by atoms with E-state index >= 15 is 0 Å². The van der Waals surface area contributed by atoms with Gasteiger partial charge in [-0.3, -0.25) is 10.1 Å². The number of carbonyl (C=O) groups excluding carboxylic acids is 1. The van der Waals surface area contributed by atoms with Gasteiger partial charge in [-0.2, -0.15) is 0 Å². The normalized spacial score (nSPS) is 15.0. The summed E-state index contributed by atoms with van der Waals surface area (Å²) >= 11 is 0. The first-order valence-corrected chi connectivity index (χ1v) is 6.94. The van der Waals surface area contributed by atoms with Gasteiger partial charge >= 0.3 is 6.09 Å². The molecule has 0 aromatic heterocycles. The summed E-state index contributed by atoms with van der Waals surface area (Å²) in [4.78, 5) is 25.8. The smallest absolute Gasteiger partial charge is 0.409 e. The Morgan fingerprint density at radius 2 is 2.00 bits per heavy atom. The predicted octanol–water partition coefficient (Wildman–Crippen LogP) is 2.18. The number of nitro benzene ring substituents is 1. The maximum absolute atomic E-state index is 11.6. The molecule has 0 bridgehead atoms. The summed E-state index contributed by atoms with van der Waals surface area (Å²) < 4.78 is 4.98. The molecule has 0 radical (unpaired) electrons. The van der Waals surface area contributed by atoms with Crippen molar-refractivity contribution in [3.05, 3.63) is 33.9 Å². The molecule has 1 amide bonds. The van der Waals surface area contributed by atoms with Crippen LogP contribution in [0.15, 0.2) is 18.2 Å². The molecule has 7 nitrogen and oxygen atoms in total. The van der Waals surface area contributed by atoms with Gasteiger partial charge in [-0.05, 0) is 25.5 Å². The van der Waals surface area contributed by atoms with Gasteiger partial charge in [0.15, 0.2) is 0 Å². The van der Waals surface area contributed by atoms with Crippen molar-refractivity contribution in [3.8, 4) is 0 Å². The van der Waals surface area contributed by atoms with Crippen molar-refractivity contribution in [1.29, 1.82) is 0 Å². The number of hydrogen-bond donors (Lipinski definition) is 0.